The minimum absolute atomic E-state index is 0.0930. The van der Waals surface area contributed by atoms with Crippen LogP contribution in [0.15, 0.2) is 60.7 Å². The first kappa shape index (κ1) is 17.3. The van der Waals surface area contributed by atoms with E-state index in [4.69, 9.17) is 0 Å². The van der Waals surface area contributed by atoms with Gasteiger partial charge in [-0.15, -0.1) is 0 Å². The van der Waals surface area contributed by atoms with Gasteiger partial charge < -0.3 is 4.90 Å². The molecule has 3 heteroatoms. The summed E-state index contributed by atoms with van der Waals surface area (Å²) >= 11 is 0. The Balaban J connectivity index is 1.55. The van der Waals surface area contributed by atoms with Crippen molar-refractivity contribution in [2.24, 2.45) is 5.41 Å². The molecule has 136 valence electrons. The van der Waals surface area contributed by atoms with Gasteiger partial charge in [0, 0.05) is 24.2 Å². The average molecular weight is 348 g/mol. The largest absolute Gasteiger partial charge is 0.312 e. The van der Waals surface area contributed by atoms with Crippen LogP contribution in [0, 0.1) is 5.41 Å². The SMILES string of the molecule is CN(C)[C@]1(c2ccccc2)CC[C@@]2(CC1)CC(=O)N(c1ccccc1)C2. The van der Waals surface area contributed by atoms with Gasteiger partial charge in [0.05, 0.1) is 0 Å². The molecule has 0 N–H and O–H groups in total. The normalized spacial score (nSPS) is 28.9. The first-order chi connectivity index (χ1) is 12.5. The lowest BCUT2D eigenvalue weighted by Gasteiger charge is -2.48. The lowest BCUT2D eigenvalue weighted by atomic mass is 9.64. The van der Waals surface area contributed by atoms with Crippen molar-refractivity contribution in [2.45, 2.75) is 37.6 Å². The van der Waals surface area contributed by atoms with Gasteiger partial charge in [-0.1, -0.05) is 48.5 Å². The zero-order valence-electron chi connectivity index (χ0n) is 15.8. The second-order valence-electron chi connectivity index (χ2n) is 8.28. The quantitative estimate of drug-likeness (QED) is 0.819. The van der Waals surface area contributed by atoms with E-state index in [1.54, 1.807) is 0 Å². The molecule has 1 heterocycles. The third-order valence-electron chi connectivity index (χ3n) is 6.69. The molecule has 2 aliphatic rings. The van der Waals surface area contributed by atoms with Crippen LogP contribution in [0.4, 0.5) is 5.69 Å². The van der Waals surface area contributed by atoms with E-state index in [-0.39, 0.29) is 16.9 Å². The Morgan fingerprint density at radius 1 is 0.846 bits per heavy atom. The molecule has 0 unspecified atom stereocenters. The second-order valence-corrected chi connectivity index (χ2v) is 8.28. The number of amides is 1. The molecule has 0 aromatic heterocycles. The lowest BCUT2D eigenvalue weighted by Crippen LogP contribution is -2.47. The summed E-state index contributed by atoms with van der Waals surface area (Å²) in [6.07, 6.45) is 5.13. The number of hydrogen-bond acceptors (Lipinski definition) is 2. The fourth-order valence-corrected chi connectivity index (χ4v) is 5.01. The number of hydrogen-bond donors (Lipinski definition) is 0. The predicted molar refractivity (Wildman–Crippen MR) is 106 cm³/mol. The van der Waals surface area contributed by atoms with E-state index in [0.29, 0.717) is 6.42 Å². The molecule has 26 heavy (non-hydrogen) atoms. The summed E-state index contributed by atoms with van der Waals surface area (Å²) in [6.45, 7) is 0.869. The molecule has 3 nitrogen and oxygen atoms in total. The van der Waals surface area contributed by atoms with Crippen molar-refractivity contribution in [3.05, 3.63) is 66.2 Å². The van der Waals surface area contributed by atoms with E-state index in [2.05, 4.69) is 49.3 Å². The Hall–Kier alpha value is -2.13. The molecule has 1 aliphatic heterocycles. The molecule has 0 bridgehead atoms. The first-order valence-electron chi connectivity index (χ1n) is 9.63. The maximum atomic E-state index is 12.7. The summed E-state index contributed by atoms with van der Waals surface area (Å²) in [4.78, 5) is 17.1. The van der Waals surface area contributed by atoms with Crippen LogP contribution < -0.4 is 4.90 Å². The fraction of sp³-hybridized carbons (Fsp3) is 0.435. The van der Waals surface area contributed by atoms with E-state index in [0.717, 1.165) is 37.9 Å². The highest BCUT2D eigenvalue weighted by atomic mass is 16.2. The van der Waals surface area contributed by atoms with Crippen molar-refractivity contribution < 1.29 is 4.79 Å². The second kappa shape index (κ2) is 6.55. The lowest BCUT2D eigenvalue weighted by molar-refractivity contribution is -0.118. The number of nitrogens with zero attached hydrogens (tertiary/aromatic N) is 2. The molecule has 1 saturated heterocycles. The third-order valence-corrected chi connectivity index (χ3v) is 6.69. The van der Waals surface area contributed by atoms with E-state index in [9.17, 15) is 4.79 Å². The summed E-state index contributed by atoms with van der Waals surface area (Å²) in [6, 6.07) is 21.0. The van der Waals surface area contributed by atoms with Crippen LogP contribution in [0.3, 0.4) is 0 Å². The van der Waals surface area contributed by atoms with Gasteiger partial charge in [0.2, 0.25) is 5.91 Å². The van der Waals surface area contributed by atoms with Gasteiger partial charge in [-0.3, -0.25) is 9.69 Å². The zero-order valence-corrected chi connectivity index (χ0v) is 15.8. The van der Waals surface area contributed by atoms with Crippen LogP contribution >= 0.6 is 0 Å². The monoisotopic (exact) mass is 348 g/mol. The van der Waals surface area contributed by atoms with Crippen molar-refractivity contribution in [2.75, 3.05) is 25.5 Å². The van der Waals surface area contributed by atoms with E-state index >= 15 is 0 Å². The van der Waals surface area contributed by atoms with Gasteiger partial charge in [0.15, 0.2) is 0 Å². The standard InChI is InChI=1S/C23H28N2O/c1-24(2)23(19-9-5-3-6-10-19)15-13-22(14-16-23)17-21(26)25(18-22)20-11-7-4-8-12-20/h3-12H,13-18H2,1-2H3/t22-,23-. The van der Waals surface area contributed by atoms with Crippen LogP contribution in [0.25, 0.3) is 0 Å². The van der Waals surface area contributed by atoms with Crippen LogP contribution in [-0.2, 0) is 10.3 Å². The molecule has 1 aliphatic carbocycles. The van der Waals surface area contributed by atoms with Gasteiger partial charge in [-0.05, 0) is 62.9 Å². The van der Waals surface area contributed by atoms with Crippen molar-refractivity contribution in [1.82, 2.24) is 4.90 Å². The smallest absolute Gasteiger partial charge is 0.227 e. The molecule has 1 saturated carbocycles. The van der Waals surface area contributed by atoms with Gasteiger partial charge in [-0.25, -0.2) is 0 Å². The summed E-state index contributed by atoms with van der Waals surface area (Å²) in [5.41, 5.74) is 2.68. The molecule has 2 aromatic carbocycles. The zero-order chi connectivity index (χ0) is 18.2. The third kappa shape index (κ3) is 2.84. The number of carbonyl (C=O) groups is 1. The molecule has 0 atom stereocenters. The summed E-state index contributed by atoms with van der Waals surface area (Å²) in [7, 11) is 4.39. The Morgan fingerprint density at radius 3 is 2.00 bits per heavy atom. The van der Waals surface area contributed by atoms with E-state index in [1.165, 1.54) is 5.56 Å². The Kier molecular flexibility index (Phi) is 4.36. The summed E-state index contributed by atoms with van der Waals surface area (Å²) < 4.78 is 0. The minimum Gasteiger partial charge on any atom is -0.312 e. The molecule has 0 radical (unpaired) electrons. The van der Waals surface area contributed by atoms with Crippen molar-refractivity contribution in [3.63, 3.8) is 0 Å². The Morgan fingerprint density at radius 2 is 1.42 bits per heavy atom. The van der Waals surface area contributed by atoms with Crippen LogP contribution in [-0.4, -0.2) is 31.4 Å². The molecule has 4 rings (SSSR count). The topological polar surface area (TPSA) is 23.6 Å². The summed E-state index contributed by atoms with van der Waals surface area (Å²) in [5, 5.41) is 0. The molecule has 2 fully saturated rings. The fourth-order valence-electron chi connectivity index (χ4n) is 5.01. The molecule has 1 amide bonds. The number of rotatable bonds is 3. The molecular formula is C23H28N2O. The Bertz CT molecular complexity index is 761. The van der Waals surface area contributed by atoms with Gasteiger partial charge in [0.25, 0.3) is 0 Å². The highest BCUT2D eigenvalue weighted by Crippen LogP contribution is 2.52. The van der Waals surface area contributed by atoms with Crippen LogP contribution in [0.2, 0.25) is 0 Å². The first-order valence-corrected chi connectivity index (χ1v) is 9.63. The average Bonchev–Trinajstić information content (AvgIpc) is 3.00. The molecule has 2 aromatic rings. The van der Waals surface area contributed by atoms with Crippen LogP contribution in [0.5, 0.6) is 0 Å². The molecule has 1 spiro atoms. The predicted octanol–water partition coefficient (Wildman–Crippen LogP) is 4.44. The highest BCUT2D eigenvalue weighted by molar-refractivity contribution is 5.96. The van der Waals surface area contributed by atoms with Gasteiger partial charge in [-0.2, -0.15) is 0 Å². The number of benzene rings is 2. The van der Waals surface area contributed by atoms with E-state index in [1.807, 2.05) is 35.2 Å². The number of anilines is 1. The van der Waals surface area contributed by atoms with Crippen molar-refractivity contribution in [1.29, 1.82) is 0 Å². The van der Waals surface area contributed by atoms with Crippen molar-refractivity contribution >= 4 is 11.6 Å². The van der Waals surface area contributed by atoms with Crippen molar-refractivity contribution in [3.8, 4) is 0 Å². The maximum Gasteiger partial charge on any atom is 0.227 e. The molecular weight excluding hydrogens is 320 g/mol. The van der Waals surface area contributed by atoms with Gasteiger partial charge >= 0.3 is 0 Å². The Labute approximate surface area is 156 Å². The number of para-hydroxylation sites is 1. The highest BCUT2D eigenvalue weighted by Gasteiger charge is 2.50. The number of carbonyl (C=O) groups excluding carboxylic acids is 1. The minimum atomic E-state index is 0.0930. The summed E-state index contributed by atoms with van der Waals surface area (Å²) in [5.74, 6) is 0.285. The van der Waals surface area contributed by atoms with Gasteiger partial charge in [0.1, 0.15) is 0 Å². The maximum absolute atomic E-state index is 12.7. The van der Waals surface area contributed by atoms with Crippen LogP contribution in [0.1, 0.15) is 37.7 Å². The van der Waals surface area contributed by atoms with E-state index < -0.39 is 0 Å².